The average Bonchev–Trinajstić information content (AvgIpc) is 2.90. The van der Waals surface area contributed by atoms with E-state index < -0.39 is 29.7 Å². The molecule has 0 spiro atoms. The van der Waals surface area contributed by atoms with Crippen LogP contribution in [-0.4, -0.2) is 59.0 Å². The molecule has 0 radical (unpaired) electrons. The van der Waals surface area contributed by atoms with E-state index in [1.54, 1.807) is 30.0 Å². The summed E-state index contributed by atoms with van der Waals surface area (Å²) in [6.07, 6.45) is 3.43. The van der Waals surface area contributed by atoms with Crippen LogP contribution in [0.3, 0.4) is 0 Å². The van der Waals surface area contributed by atoms with Gasteiger partial charge in [0.15, 0.2) is 0 Å². The largest absolute Gasteiger partial charge is 0.391 e. The third kappa shape index (κ3) is 9.11. The molecule has 0 aromatic heterocycles. The average molecular weight is 558 g/mol. The molecule has 3 rings (SSSR count). The van der Waals surface area contributed by atoms with Crippen LogP contribution in [0.25, 0.3) is 0 Å². The predicted octanol–water partition coefficient (Wildman–Crippen LogP) is 4.69. The lowest BCUT2D eigenvalue weighted by atomic mass is 9.93. The summed E-state index contributed by atoms with van der Waals surface area (Å²) in [5.41, 5.74) is 1.70. The highest BCUT2D eigenvalue weighted by Crippen LogP contribution is 2.19. The van der Waals surface area contributed by atoms with Crippen LogP contribution in [0.1, 0.15) is 90.6 Å². The van der Waals surface area contributed by atoms with Crippen molar-refractivity contribution in [1.82, 2.24) is 15.5 Å². The van der Waals surface area contributed by atoms with Crippen LogP contribution < -0.4 is 10.6 Å². The Kier molecular flexibility index (Phi) is 11.6. The Morgan fingerprint density at radius 1 is 1.05 bits per heavy atom. The minimum Gasteiger partial charge on any atom is -0.391 e. The molecule has 40 heavy (non-hydrogen) atoms. The van der Waals surface area contributed by atoms with Crippen LogP contribution in [0.15, 0.2) is 36.4 Å². The summed E-state index contributed by atoms with van der Waals surface area (Å²) in [6, 6.07) is 7.15. The van der Waals surface area contributed by atoms with E-state index in [0.29, 0.717) is 37.1 Å². The molecule has 1 aliphatic heterocycles. The van der Waals surface area contributed by atoms with Gasteiger partial charge in [0.2, 0.25) is 5.91 Å². The number of aryl methyl sites for hydroxylation is 1. The lowest BCUT2D eigenvalue weighted by Gasteiger charge is -2.28. The third-order valence-electron chi connectivity index (χ3n) is 7.15. The molecule has 3 atom stereocenters. The number of rotatable bonds is 13. The maximum atomic E-state index is 13.9. The van der Waals surface area contributed by atoms with Crippen LogP contribution >= 0.6 is 0 Å². The van der Waals surface area contributed by atoms with Gasteiger partial charge in [-0.15, -0.1) is 0 Å². The maximum Gasteiger partial charge on any atom is 0.253 e. The van der Waals surface area contributed by atoms with E-state index in [2.05, 4.69) is 10.6 Å². The number of piperidine rings is 1. The minimum absolute atomic E-state index is 0.00298. The highest BCUT2D eigenvalue weighted by Gasteiger charge is 2.26. The second kappa shape index (κ2) is 14.9. The molecular weight excluding hydrogens is 516 g/mol. The Morgan fingerprint density at radius 3 is 2.33 bits per heavy atom. The zero-order valence-electron chi connectivity index (χ0n) is 23.6. The van der Waals surface area contributed by atoms with Crippen LogP contribution in [-0.2, 0) is 11.2 Å². The Hall–Kier alpha value is -3.33. The molecule has 0 aliphatic carbocycles. The summed E-state index contributed by atoms with van der Waals surface area (Å²) in [7, 11) is 0. The number of hydrogen-bond donors (Lipinski definition) is 3. The van der Waals surface area contributed by atoms with Crippen molar-refractivity contribution in [2.45, 2.75) is 90.3 Å². The summed E-state index contributed by atoms with van der Waals surface area (Å²) >= 11 is 0. The first kappa shape index (κ1) is 31.2. The Morgan fingerprint density at radius 2 is 1.70 bits per heavy atom. The van der Waals surface area contributed by atoms with E-state index in [0.717, 1.165) is 37.3 Å². The van der Waals surface area contributed by atoms with E-state index in [1.807, 2.05) is 13.8 Å². The number of nitrogens with zero attached hydrogens (tertiary/aromatic N) is 1. The monoisotopic (exact) mass is 557 g/mol. The molecular formula is C31H41F2N3O4. The van der Waals surface area contributed by atoms with Crippen LogP contribution in [0.2, 0.25) is 0 Å². The van der Waals surface area contributed by atoms with Gasteiger partial charge in [0.05, 0.1) is 12.1 Å². The second-order valence-corrected chi connectivity index (χ2v) is 10.7. The zero-order valence-corrected chi connectivity index (χ0v) is 23.6. The van der Waals surface area contributed by atoms with Crippen LogP contribution in [0.5, 0.6) is 0 Å². The molecule has 0 bridgehead atoms. The Bertz CT molecular complexity index is 1160. The fraction of sp³-hybridized carbons (Fsp3) is 0.516. The molecule has 218 valence electrons. The number of aliphatic hydroxyl groups excluding tert-OH is 1. The van der Waals surface area contributed by atoms with Gasteiger partial charge in [-0.1, -0.05) is 13.8 Å². The number of carbonyl (C=O) groups is 3. The minimum atomic E-state index is -1.04. The smallest absolute Gasteiger partial charge is 0.253 e. The molecule has 0 saturated carbocycles. The molecule has 3 unspecified atom stereocenters. The summed E-state index contributed by atoms with van der Waals surface area (Å²) in [5, 5.41) is 16.9. The second-order valence-electron chi connectivity index (χ2n) is 10.7. The first-order valence-electron chi connectivity index (χ1n) is 14.2. The third-order valence-corrected chi connectivity index (χ3v) is 7.15. The highest BCUT2D eigenvalue weighted by molar-refractivity contribution is 6.00. The highest BCUT2D eigenvalue weighted by atomic mass is 19.1. The number of aliphatic hydroxyl groups is 1. The van der Waals surface area contributed by atoms with Gasteiger partial charge in [-0.2, -0.15) is 0 Å². The van der Waals surface area contributed by atoms with Crippen molar-refractivity contribution in [1.29, 1.82) is 0 Å². The van der Waals surface area contributed by atoms with Crippen molar-refractivity contribution >= 4 is 17.7 Å². The fourth-order valence-corrected chi connectivity index (χ4v) is 5.26. The van der Waals surface area contributed by atoms with Gasteiger partial charge in [-0.25, -0.2) is 8.78 Å². The SMILES string of the molecule is CCCN(CCC)C(=O)c1cc(C)cc(C(=O)NC(Cc2cc(F)cc(F)c2)C(O)CCC2CCCC(=O)N2)c1. The van der Waals surface area contributed by atoms with Crippen molar-refractivity contribution in [3.8, 4) is 0 Å². The normalized spacial score (nSPS) is 16.6. The quantitative estimate of drug-likeness (QED) is 0.333. The number of hydrogen-bond acceptors (Lipinski definition) is 4. The molecule has 1 fully saturated rings. The van der Waals surface area contributed by atoms with E-state index in [9.17, 15) is 28.3 Å². The van der Waals surface area contributed by atoms with E-state index in [1.165, 1.54) is 12.1 Å². The van der Waals surface area contributed by atoms with Gasteiger partial charge >= 0.3 is 0 Å². The number of halogens is 2. The van der Waals surface area contributed by atoms with Gasteiger partial charge < -0.3 is 20.6 Å². The zero-order chi connectivity index (χ0) is 29.2. The van der Waals surface area contributed by atoms with E-state index >= 15 is 0 Å². The van der Waals surface area contributed by atoms with Gasteiger partial charge in [-0.05, 0) is 93.3 Å². The molecule has 3 N–H and O–H groups in total. The number of benzene rings is 2. The summed E-state index contributed by atoms with van der Waals surface area (Å²) in [5.74, 6) is -2.16. The van der Waals surface area contributed by atoms with Gasteiger partial charge in [0.25, 0.3) is 11.8 Å². The van der Waals surface area contributed by atoms with Crippen molar-refractivity contribution in [2.75, 3.05) is 13.1 Å². The maximum absolute atomic E-state index is 13.9. The first-order chi connectivity index (χ1) is 19.1. The standard InChI is InChI=1S/C31H41F2N3O4/c1-4-11-36(12-5-2)31(40)23-14-20(3)13-22(18-23)30(39)35-27(17-21-15-24(32)19-25(33)16-21)28(37)10-9-26-7-6-8-29(38)34-26/h13-16,18-19,26-28,37H,4-12,17H2,1-3H3,(H,34,38)(H,35,39). The lowest BCUT2D eigenvalue weighted by Crippen LogP contribution is -2.46. The molecule has 7 nitrogen and oxygen atoms in total. The molecule has 3 amide bonds. The lowest BCUT2D eigenvalue weighted by molar-refractivity contribution is -0.123. The topological polar surface area (TPSA) is 98.7 Å². The number of amides is 3. The summed E-state index contributed by atoms with van der Waals surface area (Å²) in [4.78, 5) is 40.1. The van der Waals surface area contributed by atoms with Crippen molar-refractivity contribution < 1.29 is 28.3 Å². The summed E-state index contributed by atoms with van der Waals surface area (Å²) in [6.45, 7) is 7.04. The van der Waals surface area contributed by atoms with Crippen LogP contribution in [0, 0.1) is 18.6 Å². The van der Waals surface area contributed by atoms with Gasteiger partial charge in [0.1, 0.15) is 11.6 Å². The molecule has 1 saturated heterocycles. The van der Waals surface area contributed by atoms with E-state index in [-0.39, 0.29) is 36.3 Å². The van der Waals surface area contributed by atoms with Crippen LogP contribution in [0.4, 0.5) is 8.78 Å². The molecule has 2 aromatic carbocycles. The summed E-state index contributed by atoms with van der Waals surface area (Å²) < 4.78 is 27.8. The molecule has 9 heteroatoms. The Labute approximate surface area is 235 Å². The predicted molar refractivity (Wildman–Crippen MR) is 150 cm³/mol. The number of nitrogens with one attached hydrogen (secondary N) is 2. The molecule has 1 heterocycles. The van der Waals surface area contributed by atoms with Crippen molar-refractivity contribution in [3.05, 3.63) is 70.3 Å². The Balaban J connectivity index is 1.81. The number of carbonyl (C=O) groups excluding carboxylic acids is 3. The first-order valence-corrected chi connectivity index (χ1v) is 14.2. The van der Waals surface area contributed by atoms with E-state index in [4.69, 9.17) is 0 Å². The molecule has 1 aliphatic rings. The fourth-order valence-electron chi connectivity index (χ4n) is 5.26. The van der Waals surface area contributed by atoms with Crippen molar-refractivity contribution in [2.24, 2.45) is 0 Å². The van der Waals surface area contributed by atoms with Gasteiger partial charge in [-0.3, -0.25) is 14.4 Å². The molecule has 2 aromatic rings. The van der Waals surface area contributed by atoms with Crippen molar-refractivity contribution in [3.63, 3.8) is 0 Å². The van der Waals surface area contributed by atoms with Gasteiger partial charge in [0, 0.05) is 42.7 Å².